The number of H-pyrrole nitrogens is 1. The van der Waals surface area contributed by atoms with Crippen LogP contribution in [-0.4, -0.2) is 26.8 Å². The highest BCUT2D eigenvalue weighted by molar-refractivity contribution is 5.76. The molecule has 0 fully saturated rings. The number of rotatable bonds is 5. The van der Waals surface area contributed by atoms with Crippen LogP contribution in [0.3, 0.4) is 0 Å². The Morgan fingerprint density at radius 3 is 2.75 bits per heavy atom. The van der Waals surface area contributed by atoms with Crippen LogP contribution in [0.4, 0.5) is 0 Å². The zero-order chi connectivity index (χ0) is 19.7. The molecule has 0 saturated heterocycles. The minimum atomic E-state index is -0.680. The Labute approximate surface area is 158 Å². The third-order valence-electron chi connectivity index (χ3n) is 4.42. The molecule has 0 spiro atoms. The smallest absolute Gasteiger partial charge is 0.329 e. The van der Waals surface area contributed by atoms with Crippen LogP contribution in [0.1, 0.15) is 23.3 Å². The number of aromatic amines is 1. The highest BCUT2D eigenvalue weighted by Crippen LogP contribution is 2.26. The maximum atomic E-state index is 12.6. The van der Waals surface area contributed by atoms with Crippen LogP contribution in [0, 0.1) is 0 Å². The van der Waals surface area contributed by atoms with Crippen molar-refractivity contribution in [1.29, 1.82) is 0 Å². The summed E-state index contributed by atoms with van der Waals surface area (Å²) in [6.07, 6.45) is 0. The molecule has 1 unspecified atom stereocenters. The molecule has 28 heavy (non-hydrogen) atoms. The van der Waals surface area contributed by atoms with E-state index in [1.54, 1.807) is 43.5 Å². The first kappa shape index (κ1) is 17.7. The van der Waals surface area contributed by atoms with Crippen molar-refractivity contribution >= 4 is 10.9 Å². The predicted octanol–water partition coefficient (Wildman–Crippen LogP) is 1.18. The normalized spacial score (nSPS) is 12.2. The number of aromatic nitrogens is 4. The van der Waals surface area contributed by atoms with Crippen molar-refractivity contribution in [2.45, 2.75) is 12.6 Å². The van der Waals surface area contributed by atoms with Gasteiger partial charge in [0.05, 0.1) is 24.1 Å². The number of methoxy groups -OCH3 is 1. The summed E-state index contributed by atoms with van der Waals surface area (Å²) < 4.78 is 11.5. The molecule has 0 aliphatic rings. The summed E-state index contributed by atoms with van der Waals surface area (Å²) in [7, 11) is 1.55. The first-order chi connectivity index (χ1) is 13.6. The summed E-state index contributed by atoms with van der Waals surface area (Å²) in [4.78, 5) is 31.8. The zero-order valence-corrected chi connectivity index (χ0v) is 15.0. The van der Waals surface area contributed by atoms with Gasteiger partial charge in [0.25, 0.3) is 5.56 Å². The number of hydrogen-bond acceptors (Lipinski definition) is 7. The second-order valence-corrected chi connectivity index (χ2v) is 6.13. The first-order valence-electron chi connectivity index (χ1n) is 8.51. The van der Waals surface area contributed by atoms with Gasteiger partial charge in [-0.3, -0.25) is 9.36 Å². The lowest BCUT2D eigenvalue weighted by molar-refractivity contribution is 0.361. The van der Waals surface area contributed by atoms with Gasteiger partial charge in [0, 0.05) is 5.56 Å². The number of fused-ring (bicyclic) bond motifs is 1. The molecule has 3 N–H and O–H groups in total. The van der Waals surface area contributed by atoms with E-state index in [0.717, 1.165) is 4.57 Å². The molecule has 142 valence electrons. The second-order valence-electron chi connectivity index (χ2n) is 6.13. The van der Waals surface area contributed by atoms with Crippen LogP contribution in [0.25, 0.3) is 10.9 Å². The van der Waals surface area contributed by atoms with Gasteiger partial charge in [0.1, 0.15) is 12.3 Å². The van der Waals surface area contributed by atoms with Gasteiger partial charge in [-0.05, 0) is 18.2 Å². The second kappa shape index (κ2) is 7.12. The summed E-state index contributed by atoms with van der Waals surface area (Å²) in [6.45, 7) is -0.162. The van der Waals surface area contributed by atoms with E-state index in [2.05, 4.69) is 15.1 Å². The highest BCUT2D eigenvalue weighted by atomic mass is 16.5. The molecule has 0 bridgehead atoms. The standard InChI is InChI=1S/C19H17N5O4/c1-27-14-9-5-3-7-12(14)16(20)17-22-15(28-23-17)10-24-18(25)11-6-2-4-8-13(11)21-19(24)26/h2-9,16H,10,20H2,1H3,(H,21,26). The SMILES string of the molecule is COc1ccccc1C(N)c1noc(Cn2c(=O)[nH]c3ccccc3c2=O)n1. The molecule has 4 rings (SSSR count). The molecule has 0 saturated carbocycles. The van der Waals surface area contributed by atoms with Crippen LogP contribution in [0.5, 0.6) is 5.75 Å². The highest BCUT2D eigenvalue weighted by Gasteiger charge is 2.20. The molecule has 0 radical (unpaired) electrons. The van der Waals surface area contributed by atoms with Crippen LogP contribution in [0.2, 0.25) is 0 Å². The summed E-state index contributed by atoms with van der Waals surface area (Å²) in [5.74, 6) is 0.927. The third kappa shape index (κ3) is 3.08. The van der Waals surface area contributed by atoms with Crippen molar-refractivity contribution in [3.8, 4) is 5.75 Å². The van der Waals surface area contributed by atoms with Crippen LogP contribution < -0.4 is 21.7 Å². The minimum Gasteiger partial charge on any atom is -0.496 e. The van der Waals surface area contributed by atoms with E-state index in [-0.39, 0.29) is 18.3 Å². The van der Waals surface area contributed by atoms with Gasteiger partial charge in [-0.1, -0.05) is 35.5 Å². The van der Waals surface area contributed by atoms with Crippen LogP contribution in [0.15, 0.2) is 62.6 Å². The number of para-hydroxylation sites is 2. The van der Waals surface area contributed by atoms with Crippen molar-refractivity contribution in [3.05, 3.63) is 86.6 Å². The quantitative estimate of drug-likeness (QED) is 0.532. The largest absolute Gasteiger partial charge is 0.496 e. The van der Waals surface area contributed by atoms with Gasteiger partial charge in [0.2, 0.25) is 5.89 Å². The topological polar surface area (TPSA) is 129 Å². The Balaban J connectivity index is 1.67. The zero-order valence-electron chi connectivity index (χ0n) is 15.0. The fraction of sp³-hybridized carbons (Fsp3) is 0.158. The predicted molar refractivity (Wildman–Crippen MR) is 101 cm³/mol. The minimum absolute atomic E-state index is 0.100. The average Bonchev–Trinajstić information content (AvgIpc) is 3.19. The van der Waals surface area contributed by atoms with Crippen molar-refractivity contribution in [1.82, 2.24) is 19.7 Å². The number of nitrogens with zero attached hydrogens (tertiary/aromatic N) is 3. The Hall–Kier alpha value is -3.72. The van der Waals surface area contributed by atoms with E-state index in [1.165, 1.54) is 0 Å². The lowest BCUT2D eigenvalue weighted by atomic mass is 10.1. The molecular weight excluding hydrogens is 362 g/mol. The fourth-order valence-corrected chi connectivity index (χ4v) is 3.00. The van der Waals surface area contributed by atoms with Gasteiger partial charge in [-0.2, -0.15) is 4.98 Å². The van der Waals surface area contributed by atoms with E-state index >= 15 is 0 Å². The molecule has 4 aromatic rings. The van der Waals surface area contributed by atoms with Crippen molar-refractivity contribution in [2.24, 2.45) is 5.73 Å². The molecule has 1 atom stereocenters. The van der Waals surface area contributed by atoms with Gasteiger partial charge in [-0.15, -0.1) is 0 Å². The van der Waals surface area contributed by atoms with Crippen molar-refractivity contribution in [3.63, 3.8) is 0 Å². The Morgan fingerprint density at radius 1 is 1.18 bits per heavy atom. The van der Waals surface area contributed by atoms with E-state index < -0.39 is 17.3 Å². The summed E-state index contributed by atoms with van der Waals surface area (Å²) in [5.41, 5.74) is 6.40. The first-order valence-corrected chi connectivity index (χ1v) is 8.51. The summed E-state index contributed by atoms with van der Waals surface area (Å²) in [6, 6.07) is 13.3. The summed E-state index contributed by atoms with van der Waals surface area (Å²) in [5, 5.41) is 4.29. The number of benzene rings is 2. The van der Waals surface area contributed by atoms with Crippen molar-refractivity contribution < 1.29 is 9.26 Å². The molecule has 0 aliphatic heterocycles. The molecule has 9 nitrogen and oxygen atoms in total. The van der Waals surface area contributed by atoms with Gasteiger partial charge < -0.3 is 20.0 Å². The van der Waals surface area contributed by atoms with Gasteiger partial charge in [0.15, 0.2) is 5.82 Å². The maximum Gasteiger partial charge on any atom is 0.329 e. The maximum absolute atomic E-state index is 12.6. The Kier molecular flexibility index (Phi) is 4.50. The molecule has 0 aliphatic carbocycles. The Morgan fingerprint density at radius 2 is 1.93 bits per heavy atom. The number of ether oxygens (including phenoxy) is 1. The fourth-order valence-electron chi connectivity index (χ4n) is 3.00. The number of nitrogens with one attached hydrogen (secondary N) is 1. The van der Waals surface area contributed by atoms with Crippen molar-refractivity contribution in [2.75, 3.05) is 7.11 Å². The van der Waals surface area contributed by atoms with Gasteiger partial charge in [-0.25, -0.2) is 4.79 Å². The van der Waals surface area contributed by atoms with Gasteiger partial charge >= 0.3 is 5.69 Å². The van der Waals surface area contributed by atoms with E-state index in [4.69, 9.17) is 15.0 Å². The molecule has 9 heteroatoms. The lowest BCUT2D eigenvalue weighted by Gasteiger charge is -2.11. The molecule has 0 amide bonds. The lowest BCUT2D eigenvalue weighted by Crippen LogP contribution is -2.35. The summed E-state index contributed by atoms with van der Waals surface area (Å²) >= 11 is 0. The molecule has 2 heterocycles. The van der Waals surface area contributed by atoms with Crippen LogP contribution >= 0.6 is 0 Å². The van der Waals surface area contributed by atoms with E-state index in [9.17, 15) is 9.59 Å². The third-order valence-corrected chi connectivity index (χ3v) is 4.42. The monoisotopic (exact) mass is 379 g/mol. The van der Waals surface area contributed by atoms with E-state index in [1.807, 2.05) is 12.1 Å². The Bertz CT molecular complexity index is 1260. The number of hydrogen-bond donors (Lipinski definition) is 2. The molecular formula is C19H17N5O4. The molecule has 2 aromatic heterocycles. The van der Waals surface area contributed by atoms with E-state index in [0.29, 0.717) is 22.2 Å². The average molecular weight is 379 g/mol. The molecule has 2 aromatic carbocycles. The van der Waals surface area contributed by atoms with Crippen LogP contribution in [-0.2, 0) is 6.54 Å². The number of nitrogens with two attached hydrogens (primary N) is 1.